The summed E-state index contributed by atoms with van der Waals surface area (Å²) in [6, 6.07) is 2.04. The molecule has 0 spiro atoms. The van der Waals surface area contributed by atoms with Gasteiger partial charge < -0.3 is 4.98 Å². The lowest BCUT2D eigenvalue weighted by molar-refractivity contribution is 0.112. The van der Waals surface area contributed by atoms with Crippen molar-refractivity contribution in [2.45, 2.75) is 6.92 Å². The van der Waals surface area contributed by atoms with Gasteiger partial charge in [-0.1, -0.05) is 0 Å². The molecule has 2 aromatic rings. The molecule has 1 N–H and O–H groups in total. The second-order valence-electron chi connectivity index (χ2n) is 3.06. The van der Waals surface area contributed by atoms with E-state index >= 15 is 0 Å². The van der Waals surface area contributed by atoms with Crippen molar-refractivity contribution in [3.63, 3.8) is 0 Å². The number of carbonyl (C=O) groups excluding carboxylic acids is 1. The SMILES string of the molecule is Cc1[nH]c2c(F)ccc(F)c2c1C=O. The molecule has 4 heteroatoms. The molecule has 0 bridgehead atoms. The topological polar surface area (TPSA) is 32.9 Å². The van der Waals surface area contributed by atoms with E-state index in [1.54, 1.807) is 6.92 Å². The lowest BCUT2D eigenvalue weighted by atomic mass is 10.1. The van der Waals surface area contributed by atoms with Crippen LogP contribution in [0.5, 0.6) is 0 Å². The number of H-pyrrole nitrogens is 1. The third-order valence-corrected chi connectivity index (χ3v) is 2.21. The Labute approximate surface area is 78.5 Å². The largest absolute Gasteiger partial charge is 0.356 e. The molecular weight excluding hydrogens is 188 g/mol. The van der Waals surface area contributed by atoms with Gasteiger partial charge in [0.25, 0.3) is 0 Å². The van der Waals surface area contributed by atoms with Gasteiger partial charge in [-0.2, -0.15) is 0 Å². The van der Waals surface area contributed by atoms with Gasteiger partial charge in [0.1, 0.15) is 11.6 Å². The minimum absolute atomic E-state index is 0.0255. The number of hydrogen-bond donors (Lipinski definition) is 1. The van der Waals surface area contributed by atoms with Crippen molar-refractivity contribution in [2.75, 3.05) is 0 Å². The number of benzene rings is 1. The fraction of sp³-hybridized carbons (Fsp3) is 0.100. The zero-order chi connectivity index (χ0) is 10.3. The minimum Gasteiger partial charge on any atom is -0.356 e. The maximum absolute atomic E-state index is 13.3. The van der Waals surface area contributed by atoms with E-state index in [1.807, 2.05) is 0 Å². The number of aryl methyl sites for hydroxylation is 1. The number of carbonyl (C=O) groups is 1. The molecular formula is C10H7F2NO. The summed E-state index contributed by atoms with van der Waals surface area (Å²) in [5.74, 6) is -1.15. The van der Waals surface area contributed by atoms with E-state index < -0.39 is 11.6 Å². The van der Waals surface area contributed by atoms with Crippen molar-refractivity contribution in [2.24, 2.45) is 0 Å². The van der Waals surface area contributed by atoms with Crippen LogP contribution in [-0.2, 0) is 0 Å². The summed E-state index contributed by atoms with van der Waals surface area (Å²) in [7, 11) is 0. The average Bonchev–Trinajstić information content (AvgIpc) is 2.50. The molecule has 0 aliphatic carbocycles. The second-order valence-corrected chi connectivity index (χ2v) is 3.06. The molecule has 1 heterocycles. The van der Waals surface area contributed by atoms with E-state index in [9.17, 15) is 13.6 Å². The van der Waals surface area contributed by atoms with Gasteiger partial charge in [-0.15, -0.1) is 0 Å². The van der Waals surface area contributed by atoms with Gasteiger partial charge in [-0.25, -0.2) is 8.78 Å². The van der Waals surface area contributed by atoms with Gasteiger partial charge in [0.2, 0.25) is 0 Å². The van der Waals surface area contributed by atoms with Crippen molar-refractivity contribution >= 4 is 17.2 Å². The Kier molecular flexibility index (Phi) is 1.84. The number of aromatic amines is 1. The van der Waals surface area contributed by atoms with Crippen LogP contribution in [0.4, 0.5) is 8.78 Å². The van der Waals surface area contributed by atoms with E-state index in [0.717, 1.165) is 12.1 Å². The van der Waals surface area contributed by atoms with Crippen LogP contribution < -0.4 is 0 Å². The first-order valence-corrected chi connectivity index (χ1v) is 4.06. The first kappa shape index (κ1) is 8.87. The van der Waals surface area contributed by atoms with E-state index in [2.05, 4.69) is 4.98 Å². The summed E-state index contributed by atoms with van der Waals surface area (Å²) in [5.41, 5.74) is 0.695. The van der Waals surface area contributed by atoms with Crippen LogP contribution in [0.3, 0.4) is 0 Å². The first-order chi connectivity index (χ1) is 6.65. The summed E-state index contributed by atoms with van der Waals surface area (Å²) in [6.07, 6.45) is 0.524. The molecule has 72 valence electrons. The number of aromatic nitrogens is 1. The summed E-state index contributed by atoms with van der Waals surface area (Å²) in [4.78, 5) is 13.3. The molecule has 0 fully saturated rings. The zero-order valence-electron chi connectivity index (χ0n) is 7.40. The van der Waals surface area contributed by atoms with Crippen molar-refractivity contribution in [3.05, 3.63) is 35.0 Å². The van der Waals surface area contributed by atoms with Crippen LogP contribution in [-0.4, -0.2) is 11.3 Å². The normalized spacial score (nSPS) is 10.8. The van der Waals surface area contributed by atoms with Crippen LogP contribution in [0.15, 0.2) is 12.1 Å². The fourth-order valence-electron chi connectivity index (χ4n) is 1.53. The zero-order valence-corrected chi connectivity index (χ0v) is 7.40. The average molecular weight is 195 g/mol. The molecule has 0 radical (unpaired) electrons. The van der Waals surface area contributed by atoms with E-state index in [0.29, 0.717) is 12.0 Å². The van der Waals surface area contributed by atoms with Crippen LogP contribution >= 0.6 is 0 Å². The van der Waals surface area contributed by atoms with Gasteiger partial charge in [-0.3, -0.25) is 4.79 Å². The summed E-state index contributed by atoms with van der Waals surface area (Å²) in [5, 5.41) is 0.0255. The highest BCUT2D eigenvalue weighted by molar-refractivity contribution is 5.99. The highest BCUT2D eigenvalue weighted by Gasteiger charge is 2.14. The molecule has 14 heavy (non-hydrogen) atoms. The molecule has 0 aliphatic heterocycles. The van der Waals surface area contributed by atoms with Gasteiger partial charge in [0.15, 0.2) is 6.29 Å². The van der Waals surface area contributed by atoms with Crippen LogP contribution in [0.25, 0.3) is 10.9 Å². The summed E-state index contributed by atoms with van der Waals surface area (Å²) in [6.45, 7) is 1.60. The van der Waals surface area contributed by atoms with Gasteiger partial charge in [0, 0.05) is 16.6 Å². The summed E-state index contributed by atoms with van der Waals surface area (Å²) < 4.78 is 26.5. The molecule has 1 aromatic carbocycles. The Hall–Kier alpha value is -1.71. The molecule has 2 rings (SSSR count). The van der Waals surface area contributed by atoms with Crippen molar-refractivity contribution in [1.29, 1.82) is 0 Å². The Balaban J connectivity index is 3.00. The van der Waals surface area contributed by atoms with Crippen LogP contribution in [0.2, 0.25) is 0 Å². The van der Waals surface area contributed by atoms with E-state index in [-0.39, 0.29) is 16.5 Å². The van der Waals surface area contributed by atoms with Crippen molar-refractivity contribution in [3.8, 4) is 0 Å². The predicted molar refractivity (Wildman–Crippen MR) is 48.3 cm³/mol. The Morgan fingerprint density at radius 3 is 2.57 bits per heavy atom. The lowest BCUT2D eigenvalue weighted by Gasteiger charge is -1.94. The fourth-order valence-corrected chi connectivity index (χ4v) is 1.53. The molecule has 0 aliphatic rings. The number of halogens is 2. The number of nitrogens with one attached hydrogen (secondary N) is 1. The highest BCUT2D eigenvalue weighted by Crippen LogP contribution is 2.25. The Morgan fingerprint density at radius 2 is 1.93 bits per heavy atom. The van der Waals surface area contributed by atoms with Gasteiger partial charge in [0.05, 0.1) is 5.52 Å². The van der Waals surface area contributed by atoms with E-state index in [1.165, 1.54) is 0 Å². The molecule has 0 saturated heterocycles. The second kappa shape index (κ2) is 2.90. The maximum atomic E-state index is 13.3. The van der Waals surface area contributed by atoms with E-state index in [4.69, 9.17) is 0 Å². The van der Waals surface area contributed by atoms with Gasteiger partial charge in [-0.05, 0) is 19.1 Å². The van der Waals surface area contributed by atoms with Crippen LogP contribution in [0, 0.1) is 18.6 Å². The number of hydrogen-bond acceptors (Lipinski definition) is 1. The number of fused-ring (bicyclic) bond motifs is 1. The predicted octanol–water partition coefficient (Wildman–Crippen LogP) is 2.57. The van der Waals surface area contributed by atoms with Gasteiger partial charge >= 0.3 is 0 Å². The Bertz CT molecular complexity index is 516. The summed E-state index contributed by atoms with van der Waals surface area (Å²) >= 11 is 0. The minimum atomic E-state index is -0.590. The van der Waals surface area contributed by atoms with Crippen molar-refractivity contribution < 1.29 is 13.6 Å². The first-order valence-electron chi connectivity index (χ1n) is 4.06. The molecule has 0 amide bonds. The molecule has 1 aromatic heterocycles. The molecule has 2 nitrogen and oxygen atoms in total. The standard InChI is InChI=1S/C10H7F2NO/c1-5-6(4-14)9-7(11)2-3-8(12)10(9)13-5/h2-4,13H,1H3. The smallest absolute Gasteiger partial charge is 0.152 e. The molecule has 0 saturated carbocycles. The quantitative estimate of drug-likeness (QED) is 0.697. The maximum Gasteiger partial charge on any atom is 0.152 e. The molecule has 0 atom stereocenters. The number of rotatable bonds is 1. The van der Waals surface area contributed by atoms with Crippen LogP contribution in [0.1, 0.15) is 16.1 Å². The third-order valence-electron chi connectivity index (χ3n) is 2.21. The molecule has 0 unspecified atom stereocenters. The third kappa shape index (κ3) is 1.04. The Morgan fingerprint density at radius 1 is 1.29 bits per heavy atom. The highest BCUT2D eigenvalue weighted by atomic mass is 19.1. The van der Waals surface area contributed by atoms with Crippen molar-refractivity contribution in [1.82, 2.24) is 4.98 Å². The monoisotopic (exact) mass is 195 g/mol. The lowest BCUT2D eigenvalue weighted by Crippen LogP contribution is -1.84. The number of aldehydes is 1.